The Labute approximate surface area is 130 Å². The molecule has 0 spiro atoms. The molecule has 0 fully saturated rings. The molecule has 0 aliphatic heterocycles. The second kappa shape index (κ2) is 7.54. The Bertz CT molecular complexity index is 607. The lowest BCUT2D eigenvalue weighted by Gasteiger charge is -2.17. The smallest absolute Gasteiger partial charge is 0.287 e. The monoisotopic (exact) mass is 303 g/mol. The summed E-state index contributed by atoms with van der Waals surface area (Å²) in [5.74, 6) is 1.44. The maximum absolute atomic E-state index is 12.0. The lowest BCUT2D eigenvalue weighted by Crippen LogP contribution is -2.26. The number of ether oxygens (including phenoxy) is 2. The van der Waals surface area contributed by atoms with E-state index < -0.39 is 0 Å². The van der Waals surface area contributed by atoms with Crippen molar-refractivity contribution in [2.75, 3.05) is 13.2 Å². The Kier molecular flexibility index (Phi) is 5.47. The number of amides is 1. The molecule has 2 aromatic rings. The van der Waals surface area contributed by atoms with Crippen molar-refractivity contribution in [3.8, 4) is 11.5 Å². The first-order chi connectivity index (χ1) is 10.7. The Balaban J connectivity index is 2.13. The van der Waals surface area contributed by atoms with Crippen LogP contribution in [0.2, 0.25) is 0 Å². The molecular formula is C17H21NO4. The van der Waals surface area contributed by atoms with Crippen molar-refractivity contribution in [3.05, 3.63) is 47.9 Å². The zero-order valence-electron chi connectivity index (χ0n) is 13.1. The van der Waals surface area contributed by atoms with Crippen LogP contribution < -0.4 is 14.8 Å². The van der Waals surface area contributed by atoms with Gasteiger partial charge in [0.1, 0.15) is 0 Å². The summed E-state index contributed by atoms with van der Waals surface area (Å²) in [6.45, 7) is 6.88. The summed E-state index contributed by atoms with van der Waals surface area (Å²) in [7, 11) is 0. The molecule has 0 bridgehead atoms. The Morgan fingerprint density at radius 3 is 2.55 bits per heavy atom. The Hall–Kier alpha value is -2.43. The van der Waals surface area contributed by atoms with Crippen LogP contribution in [0.1, 0.15) is 42.9 Å². The predicted octanol–water partition coefficient (Wildman–Crippen LogP) is 3.57. The van der Waals surface area contributed by atoms with E-state index in [9.17, 15) is 4.79 Å². The van der Waals surface area contributed by atoms with Crippen LogP contribution in [0.25, 0.3) is 0 Å². The van der Waals surface area contributed by atoms with E-state index in [0.717, 1.165) is 5.56 Å². The van der Waals surface area contributed by atoms with Crippen molar-refractivity contribution in [2.24, 2.45) is 0 Å². The van der Waals surface area contributed by atoms with E-state index in [2.05, 4.69) is 5.32 Å². The van der Waals surface area contributed by atoms with Crippen molar-refractivity contribution >= 4 is 5.91 Å². The quantitative estimate of drug-likeness (QED) is 0.849. The van der Waals surface area contributed by atoms with Crippen LogP contribution in [0.4, 0.5) is 0 Å². The number of hydrogen-bond acceptors (Lipinski definition) is 4. The summed E-state index contributed by atoms with van der Waals surface area (Å²) in [4.78, 5) is 12.0. The summed E-state index contributed by atoms with van der Waals surface area (Å²) < 4.78 is 16.2. The van der Waals surface area contributed by atoms with E-state index in [4.69, 9.17) is 13.9 Å². The summed E-state index contributed by atoms with van der Waals surface area (Å²) in [6.07, 6.45) is 1.48. The molecule has 1 unspecified atom stereocenters. The molecule has 0 aliphatic carbocycles. The van der Waals surface area contributed by atoms with Gasteiger partial charge in [-0.25, -0.2) is 0 Å². The third-order valence-corrected chi connectivity index (χ3v) is 3.16. The summed E-state index contributed by atoms with van der Waals surface area (Å²) in [5, 5.41) is 2.89. The highest BCUT2D eigenvalue weighted by atomic mass is 16.5. The fraction of sp³-hybridized carbons (Fsp3) is 0.353. The van der Waals surface area contributed by atoms with Crippen LogP contribution in [-0.4, -0.2) is 19.1 Å². The first-order valence-electron chi connectivity index (χ1n) is 7.39. The standard InChI is InChI=1S/C17H21NO4/c1-4-20-14-9-8-13(11-16(14)21-5-2)12(3)18-17(19)15-7-6-10-22-15/h6-12H,4-5H2,1-3H3,(H,18,19). The van der Waals surface area contributed by atoms with E-state index in [1.807, 2.05) is 39.0 Å². The molecule has 22 heavy (non-hydrogen) atoms. The maximum atomic E-state index is 12.0. The minimum absolute atomic E-state index is 0.174. The highest BCUT2D eigenvalue weighted by Gasteiger charge is 2.15. The minimum Gasteiger partial charge on any atom is -0.490 e. The second-order valence-corrected chi connectivity index (χ2v) is 4.74. The summed E-state index contributed by atoms with van der Waals surface area (Å²) in [5.41, 5.74) is 0.937. The molecule has 0 saturated heterocycles. The number of carbonyl (C=O) groups is 1. The molecule has 1 aromatic carbocycles. The number of carbonyl (C=O) groups excluding carboxylic acids is 1. The van der Waals surface area contributed by atoms with Crippen molar-refractivity contribution in [1.82, 2.24) is 5.32 Å². The topological polar surface area (TPSA) is 60.7 Å². The first kappa shape index (κ1) is 15.9. The van der Waals surface area contributed by atoms with Crippen LogP contribution in [-0.2, 0) is 0 Å². The van der Waals surface area contributed by atoms with Gasteiger partial charge in [0.25, 0.3) is 5.91 Å². The Morgan fingerprint density at radius 1 is 1.18 bits per heavy atom. The van der Waals surface area contributed by atoms with Gasteiger partial charge < -0.3 is 19.2 Å². The minimum atomic E-state index is -0.246. The van der Waals surface area contributed by atoms with Crippen LogP contribution in [0.5, 0.6) is 11.5 Å². The van der Waals surface area contributed by atoms with E-state index in [1.165, 1.54) is 6.26 Å². The SMILES string of the molecule is CCOc1ccc(C(C)NC(=O)c2ccco2)cc1OCC. The van der Waals surface area contributed by atoms with Gasteiger partial charge in [-0.3, -0.25) is 4.79 Å². The molecule has 1 amide bonds. The zero-order valence-corrected chi connectivity index (χ0v) is 13.1. The maximum Gasteiger partial charge on any atom is 0.287 e. The molecule has 1 heterocycles. The Morgan fingerprint density at radius 2 is 1.91 bits per heavy atom. The van der Waals surface area contributed by atoms with Crippen LogP contribution in [0, 0.1) is 0 Å². The highest BCUT2D eigenvalue weighted by molar-refractivity contribution is 5.91. The van der Waals surface area contributed by atoms with Crippen molar-refractivity contribution < 1.29 is 18.7 Å². The van der Waals surface area contributed by atoms with Crippen LogP contribution >= 0.6 is 0 Å². The third-order valence-electron chi connectivity index (χ3n) is 3.16. The van der Waals surface area contributed by atoms with E-state index >= 15 is 0 Å². The molecule has 1 atom stereocenters. The lowest BCUT2D eigenvalue weighted by atomic mass is 10.1. The number of furan rings is 1. The molecule has 5 nitrogen and oxygen atoms in total. The third kappa shape index (κ3) is 3.81. The van der Waals surface area contributed by atoms with Crippen molar-refractivity contribution in [2.45, 2.75) is 26.8 Å². The first-order valence-corrected chi connectivity index (χ1v) is 7.39. The van der Waals surface area contributed by atoms with Gasteiger partial charge in [-0.1, -0.05) is 6.07 Å². The van der Waals surface area contributed by atoms with Crippen LogP contribution in [0.15, 0.2) is 41.0 Å². The van der Waals surface area contributed by atoms with Crippen LogP contribution in [0.3, 0.4) is 0 Å². The van der Waals surface area contributed by atoms with Crippen molar-refractivity contribution in [1.29, 1.82) is 0 Å². The molecule has 1 N–H and O–H groups in total. The van der Waals surface area contributed by atoms with Gasteiger partial charge in [0, 0.05) is 0 Å². The molecule has 5 heteroatoms. The average Bonchev–Trinajstić information content (AvgIpc) is 3.04. The number of benzene rings is 1. The van der Waals surface area contributed by atoms with E-state index in [-0.39, 0.29) is 11.9 Å². The van der Waals surface area contributed by atoms with E-state index in [0.29, 0.717) is 30.5 Å². The number of rotatable bonds is 7. The lowest BCUT2D eigenvalue weighted by molar-refractivity contribution is 0.0912. The van der Waals surface area contributed by atoms with Gasteiger partial charge in [-0.05, 0) is 50.6 Å². The van der Waals surface area contributed by atoms with Crippen molar-refractivity contribution in [3.63, 3.8) is 0 Å². The molecule has 0 radical (unpaired) electrons. The molecule has 2 rings (SSSR count). The molecule has 0 aliphatic rings. The number of nitrogens with one attached hydrogen (secondary N) is 1. The van der Waals surface area contributed by atoms with Gasteiger partial charge in [-0.2, -0.15) is 0 Å². The van der Waals surface area contributed by atoms with E-state index in [1.54, 1.807) is 12.1 Å². The second-order valence-electron chi connectivity index (χ2n) is 4.74. The summed E-state index contributed by atoms with van der Waals surface area (Å²) >= 11 is 0. The average molecular weight is 303 g/mol. The van der Waals surface area contributed by atoms with Gasteiger partial charge in [-0.15, -0.1) is 0 Å². The van der Waals surface area contributed by atoms with Gasteiger partial charge in [0.05, 0.1) is 25.5 Å². The molecule has 0 saturated carbocycles. The van der Waals surface area contributed by atoms with Gasteiger partial charge in [0.2, 0.25) is 0 Å². The normalized spacial score (nSPS) is 11.8. The molecule has 1 aromatic heterocycles. The van der Waals surface area contributed by atoms with Gasteiger partial charge >= 0.3 is 0 Å². The zero-order chi connectivity index (χ0) is 15.9. The fourth-order valence-electron chi connectivity index (χ4n) is 2.10. The highest BCUT2D eigenvalue weighted by Crippen LogP contribution is 2.30. The van der Waals surface area contributed by atoms with Gasteiger partial charge in [0.15, 0.2) is 17.3 Å². The molecular weight excluding hydrogens is 282 g/mol. The fourth-order valence-corrected chi connectivity index (χ4v) is 2.10. The summed E-state index contributed by atoms with van der Waals surface area (Å²) in [6, 6.07) is 8.81. The molecule has 118 valence electrons. The predicted molar refractivity (Wildman–Crippen MR) is 83.4 cm³/mol. The number of hydrogen-bond donors (Lipinski definition) is 1. The largest absolute Gasteiger partial charge is 0.490 e.